The van der Waals surface area contributed by atoms with Crippen LogP contribution in [0.3, 0.4) is 0 Å². The van der Waals surface area contributed by atoms with E-state index in [1.165, 1.54) is 0 Å². The van der Waals surface area contributed by atoms with E-state index in [1.54, 1.807) is 27.5 Å². The van der Waals surface area contributed by atoms with E-state index in [1.807, 2.05) is 36.4 Å². The molecular formula is C20H24ClNO3Pd. The molecular weight excluding hydrogens is 444 g/mol. The molecule has 0 fully saturated rings. The van der Waals surface area contributed by atoms with Crippen LogP contribution in [0.5, 0.6) is 17.2 Å². The number of benzene rings is 2. The van der Waals surface area contributed by atoms with Crippen LogP contribution in [0.15, 0.2) is 41.4 Å². The second kappa shape index (κ2) is 10.6. The number of methoxy groups -OCH3 is 3. The van der Waals surface area contributed by atoms with E-state index in [9.17, 15) is 0 Å². The maximum atomic E-state index is 5.41. The quantitative estimate of drug-likeness (QED) is 0.330. The van der Waals surface area contributed by atoms with Gasteiger partial charge in [-0.25, -0.2) is 0 Å². The fourth-order valence-corrected chi connectivity index (χ4v) is 2.46. The normalized spacial score (nSPS) is 11.0. The first-order valence-electron chi connectivity index (χ1n) is 7.81. The van der Waals surface area contributed by atoms with Crippen molar-refractivity contribution in [2.75, 3.05) is 21.3 Å². The van der Waals surface area contributed by atoms with Gasteiger partial charge in [-0.3, -0.25) is 4.99 Å². The number of rotatable bonds is 6. The van der Waals surface area contributed by atoms with Crippen molar-refractivity contribution in [3.63, 3.8) is 0 Å². The van der Waals surface area contributed by atoms with Crippen molar-refractivity contribution in [1.82, 2.24) is 0 Å². The molecule has 0 bridgehead atoms. The van der Waals surface area contributed by atoms with E-state index in [0.717, 1.165) is 22.6 Å². The predicted molar refractivity (Wildman–Crippen MR) is 104 cm³/mol. The third kappa shape index (κ3) is 5.74. The van der Waals surface area contributed by atoms with E-state index in [2.05, 4.69) is 53.5 Å². The molecule has 0 amide bonds. The van der Waals surface area contributed by atoms with Crippen molar-refractivity contribution in [3.05, 3.63) is 54.4 Å². The second-order valence-corrected chi connectivity index (χ2v) is 6.10. The van der Waals surface area contributed by atoms with Gasteiger partial charge in [0.15, 0.2) is 0 Å². The standard InChI is InChI=1S/C20H24NO3.ClH.Pd/c1-20(2,3)16-11-10-14(22-4)12-17(16)21-13-15-18(23-5)8-7-9-19(15)24-6;;/h7-13H,1H2,2-6H3;1H;/q-1;;+2/p-1. The van der Waals surface area contributed by atoms with Crippen molar-refractivity contribution >= 4 is 21.4 Å². The fraction of sp³-hybridized carbons (Fsp3) is 0.300. The predicted octanol–water partition coefficient (Wildman–Crippen LogP) is 5.26. The van der Waals surface area contributed by atoms with Gasteiger partial charge in [-0.05, 0) is 23.8 Å². The molecule has 6 heteroatoms. The van der Waals surface area contributed by atoms with E-state index in [-0.39, 0.29) is 5.41 Å². The van der Waals surface area contributed by atoms with Gasteiger partial charge in [0, 0.05) is 12.3 Å². The molecule has 0 saturated heterocycles. The monoisotopic (exact) mass is 467 g/mol. The molecule has 2 rings (SSSR count). The third-order valence-corrected chi connectivity index (χ3v) is 3.73. The molecule has 0 aliphatic heterocycles. The Morgan fingerprint density at radius 2 is 1.58 bits per heavy atom. The Hall–Kier alpha value is -1.54. The summed E-state index contributed by atoms with van der Waals surface area (Å²) in [4.78, 5) is 4.66. The molecule has 0 radical (unpaired) electrons. The molecule has 0 aliphatic carbocycles. The fourth-order valence-electron chi connectivity index (χ4n) is 2.46. The Labute approximate surface area is 170 Å². The van der Waals surface area contributed by atoms with Gasteiger partial charge in [0.2, 0.25) is 0 Å². The van der Waals surface area contributed by atoms with Crippen molar-refractivity contribution in [2.45, 2.75) is 19.3 Å². The van der Waals surface area contributed by atoms with Crippen molar-refractivity contribution < 1.29 is 32.4 Å². The Morgan fingerprint density at radius 1 is 1.00 bits per heavy atom. The first-order chi connectivity index (χ1) is 12.4. The van der Waals surface area contributed by atoms with Gasteiger partial charge >= 0.3 is 27.7 Å². The summed E-state index contributed by atoms with van der Waals surface area (Å²) in [6, 6.07) is 11.5. The molecule has 0 aliphatic rings. The number of halogens is 1. The Kier molecular flexibility index (Phi) is 9.15. The van der Waals surface area contributed by atoms with E-state index in [0.29, 0.717) is 11.5 Å². The first-order valence-corrected chi connectivity index (χ1v) is 9.81. The van der Waals surface area contributed by atoms with Gasteiger partial charge < -0.3 is 21.1 Å². The van der Waals surface area contributed by atoms with Gasteiger partial charge in [-0.2, -0.15) is 0 Å². The van der Waals surface area contributed by atoms with Crippen LogP contribution in [0.4, 0.5) is 5.69 Å². The topological polar surface area (TPSA) is 40.0 Å². The number of aliphatic imine (C=N–C) groups is 1. The summed E-state index contributed by atoms with van der Waals surface area (Å²) in [5, 5.41) is 0. The van der Waals surface area contributed by atoms with Crippen LogP contribution in [-0.2, 0) is 23.6 Å². The molecule has 2 aromatic carbocycles. The summed E-state index contributed by atoms with van der Waals surface area (Å²) < 4.78 is 16.1. The van der Waals surface area contributed by atoms with Crippen LogP contribution < -0.4 is 14.2 Å². The van der Waals surface area contributed by atoms with E-state index < -0.39 is 0 Å². The van der Waals surface area contributed by atoms with Crippen LogP contribution in [0.25, 0.3) is 0 Å². The zero-order valence-electron chi connectivity index (χ0n) is 15.6. The first kappa shape index (κ1) is 22.5. The molecule has 0 saturated carbocycles. The van der Waals surface area contributed by atoms with Gasteiger partial charge in [0.1, 0.15) is 17.2 Å². The SMILES string of the molecule is [CH2-]C(C)(C)c1ccc(OC)cc1N=Cc1c(OC)cccc1OC.[Cl][Pd+]. The van der Waals surface area contributed by atoms with E-state index >= 15 is 0 Å². The molecule has 0 heterocycles. The molecule has 26 heavy (non-hydrogen) atoms. The summed E-state index contributed by atoms with van der Waals surface area (Å²) in [5.41, 5.74) is 2.36. The maximum absolute atomic E-state index is 5.41. The molecule has 4 nitrogen and oxygen atoms in total. The molecule has 0 N–H and O–H groups in total. The van der Waals surface area contributed by atoms with Crippen molar-refractivity contribution in [2.24, 2.45) is 4.99 Å². The Bertz CT molecular complexity index is 720. The van der Waals surface area contributed by atoms with Gasteiger partial charge in [-0.1, -0.05) is 26.0 Å². The summed E-state index contributed by atoms with van der Waals surface area (Å²) >= 11 is 2.22. The average Bonchev–Trinajstić information content (AvgIpc) is 2.66. The van der Waals surface area contributed by atoms with Crippen LogP contribution >= 0.6 is 9.53 Å². The Balaban J connectivity index is 0.00000163. The summed E-state index contributed by atoms with van der Waals surface area (Å²) in [6.45, 7) is 8.32. The number of hydrogen-bond donors (Lipinski definition) is 0. The van der Waals surface area contributed by atoms with Gasteiger partial charge in [0.25, 0.3) is 0 Å². The molecule has 144 valence electrons. The summed E-state index contributed by atoms with van der Waals surface area (Å²) in [5.74, 6) is 2.16. The molecule has 0 atom stereocenters. The average molecular weight is 468 g/mol. The van der Waals surface area contributed by atoms with Crippen LogP contribution in [-0.4, -0.2) is 27.5 Å². The van der Waals surface area contributed by atoms with Crippen LogP contribution in [0, 0.1) is 6.92 Å². The van der Waals surface area contributed by atoms with Gasteiger partial charge in [-0.15, -0.1) is 5.41 Å². The molecule has 0 spiro atoms. The Morgan fingerprint density at radius 3 is 2.04 bits per heavy atom. The minimum atomic E-state index is -0.274. The number of ether oxygens (including phenoxy) is 3. The van der Waals surface area contributed by atoms with Crippen LogP contribution in [0.1, 0.15) is 25.0 Å². The van der Waals surface area contributed by atoms with Crippen LogP contribution in [0.2, 0.25) is 0 Å². The number of hydrogen-bond acceptors (Lipinski definition) is 4. The van der Waals surface area contributed by atoms with Crippen molar-refractivity contribution in [1.29, 1.82) is 0 Å². The molecule has 0 aromatic heterocycles. The van der Waals surface area contributed by atoms with Gasteiger partial charge in [0.05, 0.1) is 32.6 Å². The third-order valence-electron chi connectivity index (χ3n) is 3.73. The summed E-state index contributed by atoms with van der Waals surface area (Å²) in [6.07, 6.45) is 1.75. The van der Waals surface area contributed by atoms with Crippen molar-refractivity contribution in [3.8, 4) is 17.2 Å². The molecule has 0 unspecified atom stereocenters. The zero-order chi connectivity index (χ0) is 19.7. The van der Waals surface area contributed by atoms with E-state index in [4.69, 9.17) is 14.2 Å². The summed E-state index contributed by atoms with van der Waals surface area (Å²) in [7, 11) is 9.38. The minimum absolute atomic E-state index is 0.274. The second-order valence-electron chi connectivity index (χ2n) is 6.10. The zero-order valence-corrected chi connectivity index (χ0v) is 17.9. The number of nitrogens with zero attached hydrogens (tertiary/aromatic N) is 1. The molecule has 2 aromatic rings.